The quantitative estimate of drug-likeness (QED) is 0.720. The summed E-state index contributed by atoms with van der Waals surface area (Å²) < 4.78 is 5.39. The maximum atomic E-state index is 5.39. The molecule has 0 spiro atoms. The molecule has 0 aromatic rings. The van der Waals surface area contributed by atoms with Gasteiger partial charge in [0.1, 0.15) is 0 Å². The van der Waals surface area contributed by atoms with E-state index in [1.54, 1.807) is 0 Å². The van der Waals surface area contributed by atoms with E-state index in [9.17, 15) is 0 Å². The van der Waals surface area contributed by atoms with Crippen molar-refractivity contribution in [2.45, 2.75) is 24.5 Å². The van der Waals surface area contributed by atoms with Crippen LogP contribution in [-0.4, -0.2) is 37.3 Å². The van der Waals surface area contributed by atoms with E-state index in [4.69, 9.17) is 4.74 Å². The normalized spacial score (nSPS) is 27.7. The molecule has 0 aromatic heterocycles. The van der Waals surface area contributed by atoms with E-state index in [2.05, 4.69) is 23.2 Å². The molecule has 2 nitrogen and oxygen atoms in total. The van der Waals surface area contributed by atoms with E-state index >= 15 is 0 Å². The van der Waals surface area contributed by atoms with Crippen molar-refractivity contribution in [1.29, 1.82) is 0 Å². The summed E-state index contributed by atoms with van der Waals surface area (Å²) >= 11 is 2.12. The van der Waals surface area contributed by atoms with Crippen molar-refractivity contribution in [3.8, 4) is 0 Å². The zero-order chi connectivity index (χ0) is 9.64. The molecule has 0 aromatic carbocycles. The van der Waals surface area contributed by atoms with Crippen molar-refractivity contribution in [2.75, 3.05) is 32.1 Å². The van der Waals surface area contributed by atoms with Crippen molar-refractivity contribution in [2.24, 2.45) is 0 Å². The van der Waals surface area contributed by atoms with Crippen molar-refractivity contribution in [3.63, 3.8) is 0 Å². The molecule has 2 aliphatic heterocycles. The van der Waals surface area contributed by atoms with Crippen molar-refractivity contribution in [3.05, 3.63) is 11.6 Å². The van der Waals surface area contributed by atoms with Gasteiger partial charge in [-0.3, -0.25) is 0 Å². The van der Waals surface area contributed by atoms with E-state index in [1.807, 2.05) is 0 Å². The molecule has 0 radical (unpaired) electrons. The van der Waals surface area contributed by atoms with E-state index in [0.29, 0.717) is 0 Å². The molecule has 2 aliphatic rings. The zero-order valence-electron chi connectivity index (χ0n) is 8.63. The molecule has 1 unspecified atom stereocenters. The van der Waals surface area contributed by atoms with Crippen molar-refractivity contribution >= 4 is 11.8 Å². The third-order valence-corrected chi connectivity index (χ3v) is 4.13. The molecule has 1 atom stereocenters. The maximum Gasteiger partial charge on any atom is 0.0689 e. The third-order valence-electron chi connectivity index (χ3n) is 2.73. The van der Waals surface area contributed by atoms with Crippen LogP contribution < -0.4 is 5.32 Å². The highest BCUT2D eigenvalue weighted by molar-refractivity contribution is 8.00. The highest BCUT2D eigenvalue weighted by Gasteiger charge is 2.14. The van der Waals surface area contributed by atoms with E-state index in [1.165, 1.54) is 30.7 Å². The van der Waals surface area contributed by atoms with Gasteiger partial charge in [-0.1, -0.05) is 6.08 Å². The maximum absolute atomic E-state index is 5.39. The summed E-state index contributed by atoms with van der Waals surface area (Å²) in [6.07, 6.45) is 6.21. The SMILES string of the molecule is C1=C(CNCC2CCCS2)COCC1. The van der Waals surface area contributed by atoms with E-state index < -0.39 is 0 Å². The summed E-state index contributed by atoms with van der Waals surface area (Å²) in [7, 11) is 0. The number of rotatable bonds is 4. The van der Waals surface area contributed by atoms with Crippen LogP contribution in [0.1, 0.15) is 19.3 Å². The first-order valence-electron chi connectivity index (χ1n) is 5.53. The molecular weight excluding hydrogens is 194 g/mol. The zero-order valence-corrected chi connectivity index (χ0v) is 9.44. The lowest BCUT2D eigenvalue weighted by molar-refractivity contribution is 0.149. The van der Waals surface area contributed by atoms with Crippen LogP contribution in [0.4, 0.5) is 0 Å². The Morgan fingerprint density at radius 3 is 3.29 bits per heavy atom. The molecule has 0 amide bonds. The van der Waals surface area contributed by atoms with Crippen LogP contribution in [-0.2, 0) is 4.74 Å². The smallest absolute Gasteiger partial charge is 0.0689 e. The largest absolute Gasteiger partial charge is 0.377 e. The molecule has 3 heteroatoms. The minimum absolute atomic E-state index is 0.838. The summed E-state index contributed by atoms with van der Waals surface area (Å²) in [4.78, 5) is 0. The number of hydrogen-bond donors (Lipinski definition) is 1. The average molecular weight is 213 g/mol. The topological polar surface area (TPSA) is 21.3 Å². The van der Waals surface area contributed by atoms with Gasteiger partial charge in [-0.05, 0) is 30.6 Å². The average Bonchev–Trinajstić information content (AvgIpc) is 2.72. The van der Waals surface area contributed by atoms with Gasteiger partial charge < -0.3 is 10.1 Å². The summed E-state index contributed by atoms with van der Waals surface area (Å²) in [6.45, 7) is 3.94. The molecule has 0 saturated carbocycles. The van der Waals surface area contributed by atoms with Crippen LogP contribution >= 0.6 is 11.8 Å². The van der Waals surface area contributed by atoms with Crippen LogP contribution in [0, 0.1) is 0 Å². The first-order chi connectivity index (χ1) is 6.95. The molecule has 1 N–H and O–H groups in total. The van der Waals surface area contributed by atoms with Gasteiger partial charge in [0.05, 0.1) is 13.2 Å². The fraction of sp³-hybridized carbons (Fsp3) is 0.818. The van der Waals surface area contributed by atoms with Gasteiger partial charge in [0.25, 0.3) is 0 Å². The fourth-order valence-electron chi connectivity index (χ4n) is 1.93. The molecule has 0 bridgehead atoms. The predicted octanol–water partition coefficient (Wildman–Crippen LogP) is 1.82. The van der Waals surface area contributed by atoms with Gasteiger partial charge in [-0.15, -0.1) is 0 Å². The lowest BCUT2D eigenvalue weighted by Crippen LogP contribution is -2.27. The molecule has 0 aliphatic carbocycles. The Bertz CT molecular complexity index is 199. The molecule has 80 valence electrons. The van der Waals surface area contributed by atoms with Crippen LogP contribution in [0.5, 0.6) is 0 Å². The first kappa shape index (κ1) is 10.5. The minimum atomic E-state index is 0.838. The van der Waals surface area contributed by atoms with E-state index in [0.717, 1.165) is 31.4 Å². The van der Waals surface area contributed by atoms with Gasteiger partial charge in [-0.2, -0.15) is 11.8 Å². The van der Waals surface area contributed by atoms with Gasteiger partial charge in [0.15, 0.2) is 0 Å². The molecular formula is C11H19NOS. The second-order valence-electron chi connectivity index (χ2n) is 3.97. The van der Waals surface area contributed by atoms with Crippen LogP contribution in [0.15, 0.2) is 11.6 Å². The molecule has 1 fully saturated rings. The Labute approximate surface area is 90.5 Å². The van der Waals surface area contributed by atoms with Crippen LogP contribution in [0.3, 0.4) is 0 Å². The Hall–Kier alpha value is 0.01000. The molecule has 2 rings (SSSR count). The van der Waals surface area contributed by atoms with Crippen LogP contribution in [0.25, 0.3) is 0 Å². The summed E-state index contributed by atoms with van der Waals surface area (Å²) in [6, 6.07) is 0. The van der Waals surface area contributed by atoms with Gasteiger partial charge in [0, 0.05) is 18.3 Å². The summed E-state index contributed by atoms with van der Waals surface area (Å²) in [5.74, 6) is 1.36. The molecule has 1 saturated heterocycles. The highest BCUT2D eigenvalue weighted by Crippen LogP contribution is 2.25. The summed E-state index contributed by atoms with van der Waals surface area (Å²) in [5.41, 5.74) is 1.43. The Kier molecular flexibility index (Phi) is 4.35. The first-order valence-corrected chi connectivity index (χ1v) is 6.58. The Balaban J connectivity index is 1.59. The van der Waals surface area contributed by atoms with E-state index in [-0.39, 0.29) is 0 Å². The second kappa shape index (κ2) is 5.79. The van der Waals surface area contributed by atoms with Crippen LogP contribution in [0.2, 0.25) is 0 Å². The Morgan fingerprint density at radius 1 is 1.57 bits per heavy atom. The van der Waals surface area contributed by atoms with Gasteiger partial charge in [0.2, 0.25) is 0 Å². The number of thioether (sulfide) groups is 1. The third kappa shape index (κ3) is 3.30. The predicted molar refractivity (Wildman–Crippen MR) is 61.9 cm³/mol. The van der Waals surface area contributed by atoms with Crippen molar-refractivity contribution in [1.82, 2.24) is 5.32 Å². The minimum Gasteiger partial charge on any atom is -0.377 e. The molecule has 2 heterocycles. The fourth-order valence-corrected chi connectivity index (χ4v) is 3.17. The summed E-state index contributed by atoms with van der Waals surface area (Å²) in [5, 5.41) is 4.39. The second-order valence-corrected chi connectivity index (χ2v) is 5.38. The lowest BCUT2D eigenvalue weighted by atomic mass is 10.2. The Morgan fingerprint density at radius 2 is 2.57 bits per heavy atom. The number of ether oxygens (including phenoxy) is 1. The van der Waals surface area contributed by atoms with Gasteiger partial charge in [-0.25, -0.2) is 0 Å². The van der Waals surface area contributed by atoms with Crippen molar-refractivity contribution < 1.29 is 4.74 Å². The number of nitrogens with one attached hydrogen (secondary N) is 1. The number of hydrogen-bond acceptors (Lipinski definition) is 3. The van der Waals surface area contributed by atoms with Gasteiger partial charge >= 0.3 is 0 Å². The highest BCUT2D eigenvalue weighted by atomic mass is 32.2. The monoisotopic (exact) mass is 213 g/mol. The standard InChI is InChI=1S/C11H19NOS/c1-3-10(9-13-5-1)7-12-8-11-4-2-6-14-11/h3,11-12H,1-2,4-9H2. The lowest BCUT2D eigenvalue weighted by Gasteiger charge is -2.15. The molecule has 14 heavy (non-hydrogen) atoms.